The Hall–Kier alpha value is -1.98. The first-order chi connectivity index (χ1) is 16.8. The van der Waals surface area contributed by atoms with Crippen LogP contribution in [0.3, 0.4) is 0 Å². The second-order valence-corrected chi connectivity index (χ2v) is 11.2. The van der Waals surface area contributed by atoms with Crippen LogP contribution in [0.2, 0.25) is 20.1 Å². The zero-order valence-electron chi connectivity index (χ0n) is 17.9. The number of hydrazine groups is 1. The summed E-state index contributed by atoms with van der Waals surface area (Å²) in [6.07, 6.45) is -3.05. The van der Waals surface area contributed by atoms with Crippen molar-refractivity contribution in [3.05, 3.63) is 104 Å². The Labute approximate surface area is 225 Å². The molecule has 5 nitrogen and oxygen atoms in total. The van der Waals surface area contributed by atoms with Gasteiger partial charge in [0, 0.05) is 15.1 Å². The molecular formula is C23H16Cl4F3N3O2S. The lowest BCUT2D eigenvalue weighted by molar-refractivity contribution is -0.137. The van der Waals surface area contributed by atoms with E-state index < -0.39 is 38.7 Å². The molecule has 3 aromatic rings. The van der Waals surface area contributed by atoms with Crippen molar-refractivity contribution in [3.8, 4) is 0 Å². The Morgan fingerprint density at radius 2 is 1.53 bits per heavy atom. The first-order valence-corrected chi connectivity index (χ1v) is 13.2. The maximum Gasteiger partial charge on any atom is 0.416 e. The fraction of sp³-hybridized carbons (Fsp3) is 0.130. The number of alkyl halides is 3. The maximum atomic E-state index is 13.3. The average Bonchev–Trinajstić information content (AvgIpc) is 3.28. The van der Waals surface area contributed by atoms with Crippen LogP contribution in [-0.4, -0.2) is 14.5 Å². The van der Waals surface area contributed by atoms with Crippen LogP contribution in [0, 0.1) is 0 Å². The van der Waals surface area contributed by atoms with E-state index in [9.17, 15) is 21.6 Å². The second kappa shape index (κ2) is 10.4. The summed E-state index contributed by atoms with van der Waals surface area (Å²) in [5, 5.41) is 0.645. The van der Waals surface area contributed by atoms with Gasteiger partial charge in [-0.2, -0.15) is 13.2 Å². The molecule has 190 valence electrons. The van der Waals surface area contributed by atoms with Gasteiger partial charge in [0.15, 0.2) is 0 Å². The smallest absolute Gasteiger partial charge is 0.321 e. The number of rotatable bonds is 6. The van der Waals surface area contributed by atoms with Gasteiger partial charge in [0.1, 0.15) is 4.90 Å². The van der Waals surface area contributed by atoms with Crippen LogP contribution in [0.25, 0.3) is 5.70 Å². The van der Waals surface area contributed by atoms with Gasteiger partial charge in [0.2, 0.25) is 10.0 Å². The highest BCUT2D eigenvalue weighted by Gasteiger charge is 2.36. The molecule has 0 aliphatic carbocycles. The first kappa shape index (κ1) is 27.1. The Morgan fingerprint density at radius 1 is 0.861 bits per heavy atom. The predicted octanol–water partition coefficient (Wildman–Crippen LogP) is 6.86. The van der Waals surface area contributed by atoms with Crippen LogP contribution in [0.15, 0.2) is 71.6 Å². The zero-order chi connectivity index (χ0) is 26.3. The summed E-state index contributed by atoms with van der Waals surface area (Å²) in [6, 6.07) is 11.7. The molecule has 0 radical (unpaired) electrons. The number of halogens is 7. The number of benzene rings is 3. The molecule has 0 bridgehead atoms. The van der Waals surface area contributed by atoms with Crippen molar-refractivity contribution in [2.75, 3.05) is 0 Å². The summed E-state index contributed by atoms with van der Waals surface area (Å²) < 4.78 is 68.9. The molecule has 3 N–H and O–H groups in total. The third-order valence-electron chi connectivity index (χ3n) is 5.36. The maximum absolute atomic E-state index is 13.3. The molecule has 13 heteroatoms. The molecule has 0 saturated carbocycles. The van der Waals surface area contributed by atoms with Crippen LogP contribution in [0.5, 0.6) is 0 Å². The second-order valence-electron chi connectivity index (χ2n) is 7.79. The molecule has 1 aliphatic rings. The molecule has 2 unspecified atom stereocenters. The quantitative estimate of drug-likeness (QED) is 0.291. The fourth-order valence-corrected chi connectivity index (χ4v) is 6.02. The summed E-state index contributed by atoms with van der Waals surface area (Å²) in [7, 11) is -4.56. The Morgan fingerprint density at radius 3 is 2.17 bits per heavy atom. The lowest BCUT2D eigenvalue weighted by Crippen LogP contribution is -2.44. The Bertz CT molecular complexity index is 1430. The van der Waals surface area contributed by atoms with E-state index in [4.69, 9.17) is 46.4 Å². The van der Waals surface area contributed by atoms with Crippen LogP contribution in [0.4, 0.5) is 13.2 Å². The van der Waals surface area contributed by atoms with E-state index in [0.29, 0.717) is 33.4 Å². The van der Waals surface area contributed by atoms with Crippen molar-refractivity contribution in [2.45, 2.75) is 23.2 Å². The minimum absolute atomic E-state index is 0.153. The van der Waals surface area contributed by atoms with Crippen LogP contribution >= 0.6 is 46.4 Å². The average molecular weight is 597 g/mol. The molecular weight excluding hydrogens is 581 g/mol. The van der Waals surface area contributed by atoms with Gasteiger partial charge >= 0.3 is 6.18 Å². The van der Waals surface area contributed by atoms with E-state index in [1.807, 2.05) is 0 Å². The fourth-order valence-electron chi connectivity index (χ4n) is 3.60. The molecule has 1 heterocycles. The van der Waals surface area contributed by atoms with Crippen molar-refractivity contribution in [1.29, 1.82) is 0 Å². The molecule has 0 aromatic heterocycles. The lowest BCUT2D eigenvalue weighted by Gasteiger charge is -2.25. The standard InChI is InChI=1S/C23H16Cl4F3N3O2S/c24-14-4-1-12(2-5-14)19-11-20(32-31-19)22(16-7-6-15(25)10-18(16)27)33-36(34,35)21-9-13(23(28,29)30)3-8-17(21)26/h1-11,20,22,31-33H. The van der Waals surface area contributed by atoms with Crippen molar-refractivity contribution >= 4 is 62.1 Å². The number of sulfonamides is 1. The van der Waals surface area contributed by atoms with Crippen molar-refractivity contribution in [1.82, 2.24) is 15.6 Å². The molecule has 3 aromatic carbocycles. The molecule has 0 saturated heterocycles. The van der Waals surface area contributed by atoms with Gasteiger partial charge in [-0.3, -0.25) is 0 Å². The minimum atomic E-state index is -4.76. The van der Waals surface area contributed by atoms with Gasteiger partial charge in [-0.15, -0.1) is 0 Å². The first-order valence-electron chi connectivity index (χ1n) is 10.2. The molecule has 0 amide bonds. The van der Waals surface area contributed by atoms with E-state index in [1.54, 1.807) is 30.3 Å². The van der Waals surface area contributed by atoms with Gasteiger partial charge in [-0.25, -0.2) is 18.6 Å². The third kappa shape index (κ3) is 5.94. The number of nitrogens with one attached hydrogen (secondary N) is 3. The van der Waals surface area contributed by atoms with Crippen LogP contribution in [0.1, 0.15) is 22.7 Å². The molecule has 0 fully saturated rings. The van der Waals surface area contributed by atoms with Crippen molar-refractivity contribution in [3.63, 3.8) is 0 Å². The van der Waals surface area contributed by atoms with Crippen molar-refractivity contribution in [2.24, 2.45) is 0 Å². The van der Waals surface area contributed by atoms with E-state index >= 15 is 0 Å². The van der Waals surface area contributed by atoms with E-state index in [1.165, 1.54) is 18.2 Å². The van der Waals surface area contributed by atoms with Gasteiger partial charge in [0.05, 0.1) is 28.4 Å². The lowest BCUT2D eigenvalue weighted by atomic mass is 9.99. The van der Waals surface area contributed by atoms with E-state index in [-0.39, 0.29) is 10.0 Å². The molecule has 0 spiro atoms. The normalized spacial score (nSPS) is 17.0. The highest BCUT2D eigenvalue weighted by molar-refractivity contribution is 7.89. The molecule has 2 atom stereocenters. The highest BCUT2D eigenvalue weighted by Crippen LogP contribution is 2.36. The molecule has 4 rings (SSSR count). The van der Waals surface area contributed by atoms with Gasteiger partial charge in [-0.1, -0.05) is 64.6 Å². The molecule has 36 heavy (non-hydrogen) atoms. The summed E-state index contributed by atoms with van der Waals surface area (Å²) in [4.78, 5) is -0.720. The largest absolute Gasteiger partial charge is 0.416 e. The van der Waals surface area contributed by atoms with E-state index in [2.05, 4.69) is 15.6 Å². The number of hydrogen-bond donors (Lipinski definition) is 3. The Balaban J connectivity index is 1.76. The zero-order valence-corrected chi connectivity index (χ0v) is 21.7. The highest BCUT2D eigenvalue weighted by atomic mass is 35.5. The van der Waals surface area contributed by atoms with Gasteiger partial charge < -0.3 is 5.43 Å². The van der Waals surface area contributed by atoms with Crippen molar-refractivity contribution < 1.29 is 21.6 Å². The minimum Gasteiger partial charge on any atom is -0.321 e. The summed E-state index contributed by atoms with van der Waals surface area (Å²) in [5.74, 6) is 0. The summed E-state index contributed by atoms with van der Waals surface area (Å²) in [6.45, 7) is 0. The van der Waals surface area contributed by atoms with Crippen LogP contribution < -0.4 is 15.6 Å². The third-order valence-corrected chi connectivity index (χ3v) is 8.10. The SMILES string of the molecule is O=S(=O)(NC(c1ccc(Cl)cc1Cl)C1C=C(c2ccc(Cl)cc2)NN1)c1cc(C(F)(F)F)ccc1Cl. The van der Waals surface area contributed by atoms with Gasteiger partial charge in [-0.05, 0) is 59.7 Å². The monoisotopic (exact) mass is 595 g/mol. The van der Waals surface area contributed by atoms with Crippen LogP contribution in [-0.2, 0) is 16.2 Å². The topological polar surface area (TPSA) is 70.2 Å². The predicted molar refractivity (Wildman–Crippen MR) is 135 cm³/mol. The van der Waals surface area contributed by atoms with E-state index in [0.717, 1.165) is 11.6 Å². The number of hydrogen-bond acceptors (Lipinski definition) is 4. The van der Waals surface area contributed by atoms with Gasteiger partial charge in [0.25, 0.3) is 0 Å². The molecule has 1 aliphatic heterocycles. The summed E-state index contributed by atoms with van der Waals surface area (Å²) >= 11 is 24.4. The Kier molecular flexibility index (Phi) is 7.83. The summed E-state index contributed by atoms with van der Waals surface area (Å²) in [5.41, 5.74) is 6.53.